The predicted molar refractivity (Wildman–Crippen MR) is 197 cm³/mol. The van der Waals surface area contributed by atoms with Gasteiger partial charge in [0, 0.05) is 18.7 Å². The lowest BCUT2D eigenvalue weighted by atomic mass is 9.77. The van der Waals surface area contributed by atoms with Crippen molar-refractivity contribution in [2.75, 3.05) is 23.3 Å². The van der Waals surface area contributed by atoms with Crippen molar-refractivity contribution in [2.45, 2.75) is 33.2 Å². The lowest BCUT2D eigenvalue weighted by Crippen LogP contribution is -2.39. The van der Waals surface area contributed by atoms with Gasteiger partial charge in [0.2, 0.25) is 5.82 Å². The Labute approximate surface area is 288 Å². The standard InChI is InChI=1S/C41H42N6O2/c1-29(2)27-46(28-30(3)4)38-25-24-31(26-37(38)42-40(48)49)35-22-14-15-23-36(35)39-43-45-47(44-39)41(32-16-8-5-9-17-32,33-18-10-6-11-19-33)34-20-12-7-13-21-34/h5-26,29-30,42H,27-28H2,1-4H3,(H,48,49). The molecule has 6 rings (SSSR count). The Balaban J connectivity index is 1.50. The first-order chi connectivity index (χ1) is 23.8. The number of nitrogens with one attached hydrogen (secondary N) is 1. The molecule has 0 saturated carbocycles. The van der Waals surface area contributed by atoms with Gasteiger partial charge in [0.25, 0.3) is 0 Å². The van der Waals surface area contributed by atoms with Crippen LogP contribution in [0.1, 0.15) is 44.4 Å². The Morgan fingerprint density at radius 1 is 0.714 bits per heavy atom. The lowest BCUT2D eigenvalue weighted by molar-refractivity contribution is 0.210. The summed E-state index contributed by atoms with van der Waals surface area (Å²) in [5.74, 6) is 1.27. The number of amides is 1. The van der Waals surface area contributed by atoms with Crippen LogP contribution in [-0.4, -0.2) is 44.5 Å². The van der Waals surface area contributed by atoms with E-state index in [-0.39, 0.29) is 0 Å². The van der Waals surface area contributed by atoms with Crippen LogP contribution >= 0.6 is 0 Å². The van der Waals surface area contributed by atoms with Crippen molar-refractivity contribution in [1.82, 2.24) is 20.2 Å². The maximum atomic E-state index is 12.0. The second kappa shape index (κ2) is 14.6. The smallest absolute Gasteiger partial charge is 0.409 e. The van der Waals surface area contributed by atoms with Gasteiger partial charge in [-0.15, -0.1) is 15.0 Å². The largest absolute Gasteiger partial charge is 0.465 e. The molecule has 0 atom stereocenters. The van der Waals surface area contributed by atoms with E-state index in [9.17, 15) is 9.90 Å². The minimum Gasteiger partial charge on any atom is -0.465 e. The van der Waals surface area contributed by atoms with Gasteiger partial charge in [-0.3, -0.25) is 5.32 Å². The van der Waals surface area contributed by atoms with Crippen LogP contribution in [0.4, 0.5) is 16.2 Å². The van der Waals surface area contributed by atoms with Crippen LogP contribution in [0.3, 0.4) is 0 Å². The molecular formula is C41H42N6O2. The summed E-state index contributed by atoms with van der Waals surface area (Å²) in [5, 5.41) is 27.1. The molecule has 0 fully saturated rings. The van der Waals surface area contributed by atoms with E-state index in [0.717, 1.165) is 52.2 Å². The number of benzene rings is 5. The van der Waals surface area contributed by atoms with E-state index in [0.29, 0.717) is 23.3 Å². The maximum Gasteiger partial charge on any atom is 0.409 e. The Kier molecular flexibility index (Phi) is 9.85. The fourth-order valence-corrected chi connectivity index (χ4v) is 6.63. The normalized spacial score (nSPS) is 11.6. The first kappa shape index (κ1) is 33.2. The van der Waals surface area contributed by atoms with Gasteiger partial charge in [-0.2, -0.15) is 0 Å². The molecule has 6 aromatic rings. The summed E-state index contributed by atoms with van der Waals surface area (Å²) in [7, 11) is 0. The second-order valence-electron chi connectivity index (χ2n) is 13.1. The highest BCUT2D eigenvalue weighted by atomic mass is 16.4. The molecule has 0 bridgehead atoms. The number of hydrogen-bond donors (Lipinski definition) is 2. The van der Waals surface area contributed by atoms with E-state index in [4.69, 9.17) is 10.3 Å². The minimum atomic E-state index is -1.11. The van der Waals surface area contributed by atoms with Crippen LogP contribution in [0.5, 0.6) is 0 Å². The summed E-state index contributed by atoms with van der Waals surface area (Å²) < 4.78 is 0. The Morgan fingerprint density at radius 3 is 1.69 bits per heavy atom. The third-order valence-electron chi connectivity index (χ3n) is 8.52. The predicted octanol–water partition coefficient (Wildman–Crippen LogP) is 9.06. The van der Waals surface area contributed by atoms with Crippen molar-refractivity contribution in [2.24, 2.45) is 11.8 Å². The summed E-state index contributed by atoms with van der Waals surface area (Å²) in [6.45, 7) is 10.3. The topological polar surface area (TPSA) is 96.2 Å². The molecular weight excluding hydrogens is 608 g/mol. The van der Waals surface area contributed by atoms with Gasteiger partial charge >= 0.3 is 6.09 Å². The molecule has 1 aromatic heterocycles. The summed E-state index contributed by atoms with van der Waals surface area (Å²) in [6, 6.07) is 44.6. The number of rotatable bonds is 12. The molecule has 0 spiro atoms. The van der Waals surface area contributed by atoms with Gasteiger partial charge in [0.1, 0.15) is 0 Å². The number of nitrogens with zero attached hydrogens (tertiary/aromatic N) is 5. The highest BCUT2D eigenvalue weighted by molar-refractivity contribution is 5.92. The summed E-state index contributed by atoms with van der Waals surface area (Å²) in [5.41, 5.74) is 5.97. The lowest BCUT2D eigenvalue weighted by Gasteiger charge is -2.34. The van der Waals surface area contributed by atoms with Crippen LogP contribution in [-0.2, 0) is 5.54 Å². The summed E-state index contributed by atoms with van der Waals surface area (Å²) in [6.07, 6.45) is -1.11. The van der Waals surface area contributed by atoms with Crippen LogP contribution in [0, 0.1) is 11.8 Å². The molecule has 248 valence electrons. The Hall–Kier alpha value is -5.76. The summed E-state index contributed by atoms with van der Waals surface area (Å²) in [4.78, 5) is 16.0. The fraction of sp³-hybridized carbons (Fsp3) is 0.220. The number of hydrogen-bond acceptors (Lipinski definition) is 5. The Bertz CT molecular complexity index is 1880. The number of carboxylic acid groups (broad SMARTS) is 1. The van der Waals surface area contributed by atoms with Crippen LogP contribution in [0.2, 0.25) is 0 Å². The SMILES string of the molecule is CC(C)CN(CC(C)C)c1ccc(-c2ccccc2-c2nnn(C(c3ccccc3)(c3ccccc3)c3ccccc3)n2)cc1NC(=O)O. The molecule has 5 aromatic carbocycles. The molecule has 8 nitrogen and oxygen atoms in total. The van der Waals surface area contributed by atoms with Crippen molar-refractivity contribution in [1.29, 1.82) is 0 Å². The highest BCUT2D eigenvalue weighted by Gasteiger charge is 2.41. The second-order valence-corrected chi connectivity index (χ2v) is 13.1. The minimum absolute atomic E-state index is 0.403. The molecule has 1 heterocycles. The van der Waals surface area contributed by atoms with Gasteiger partial charge in [-0.25, -0.2) is 4.79 Å². The zero-order valence-corrected chi connectivity index (χ0v) is 28.4. The molecule has 0 radical (unpaired) electrons. The molecule has 49 heavy (non-hydrogen) atoms. The van der Waals surface area contributed by atoms with Gasteiger partial charge in [-0.1, -0.05) is 149 Å². The maximum absolute atomic E-state index is 12.0. The van der Waals surface area contributed by atoms with Gasteiger partial charge < -0.3 is 10.0 Å². The van der Waals surface area contributed by atoms with Crippen molar-refractivity contribution >= 4 is 17.5 Å². The molecule has 0 aliphatic heterocycles. The number of tetrazole rings is 1. The van der Waals surface area contributed by atoms with Crippen LogP contribution in [0.15, 0.2) is 133 Å². The van der Waals surface area contributed by atoms with Crippen molar-refractivity contribution in [3.05, 3.63) is 150 Å². The highest BCUT2D eigenvalue weighted by Crippen LogP contribution is 2.41. The fourth-order valence-electron chi connectivity index (χ4n) is 6.63. The van der Waals surface area contributed by atoms with E-state index < -0.39 is 11.6 Å². The molecule has 0 saturated heterocycles. The summed E-state index contributed by atoms with van der Waals surface area (Å²) >= 11 is 0. The molecule has 1 amide bonds. The molecule has 0 aliphatic carbocycles. The monoisotopic (exact) mass is 650 g/mol. The quantitative estimate of drug-likeness (QED) is 0.128. The Morgan fingerprint density at radius 2 is 1.20 bits per heavy atom. The first-order valence-electron chi connectivity index (χ1n) is 16.7. The third kappa shape index (κ3) is 6.94. The van der Waals surface area contributed by atoms with Gasteiger partial charge in [-0.05, 0) is 57.0 Å². The van der Waals surface area contributed by atoms with E-state index in [1.807, 2.05) is 97.1 Å². The number of anilines is 2. The molecule has 2 N–H and O–H groups in total. The van der Waals surface area contributed by atoms with E-state index in [1.165, 1.54) is 0 Å². The van der Waals surface area contributed by atoms with Crippen molar-refractivity contribution in [3.8, 4) is 22.5 Å². The van der Waals surface area contributed by atoms with Crippen molar-refractivity contribution in [3.63, 3.8) is 0 Å². The first-order valence-corrected chi connectivity index (χ1v) is 16.7. The molecule has 0 aliphatic rings. The van der Waals surface area contributed by atoms with E-state index in [2.05, 4.69) is 79.4 Å². The number of aromatic nitrogens is 4. The third-order valence-corrected chi connectivity index (χ3v) is 8.52. The van der Waals surface area contributed by atoms with Crippen molar-refractivity contribution < 1.29 is 9.90 Å². The molecule has 8 heteroatoms. The van der Waals surface area contributed by atoms with Gasteiger partial charge in [0.05, 0.1) is 11.4 Å². The van der Waals surface area contributed by atoms with E-state index >= 15 is 0 Å². The zero-order chi connectivity index (χ0) is 34.4. The zero-order valence-electron chi connectivity index (χ0n) is 28.4. The van der Waals surface area contributed by atoms with Crippen LogP contribution in [0.25, 0.3) is 22.5 Å². The molecule has 0 unspecified atom stereocenters. The average Bonchev–Trinajstić information content (AvgIpc) is 3.59. The van der Waals surface area contributed by atoms with E-state index in [1.54, 1.807) is 4.80 Å². The number of carbonyl (C=O) groups is 1. The average molecular weight is 651 g/mol. The van der Waals surface area contributed by atoms with Gasteiger partial charge in [0.15, 0.2) is 5.54 Å². The van der Waals surface area contributed by atoms with Crippen LogP contribution < -0.4 is 10.2 Å².